The standard InChI is InChI=1S/C32H36ClN3O4/c1-6-8-26-17-24(18-28(39-7-2)30(26)40-20-23-11-9-22(5)10-12-23)19-34-36-32(38)29(21(3)4)35-31(37)25-13-15-27(33)16-14-25/h6,9-19,21,29H,1,7-8,20H2,2-5H3,(H,35,37)(H,36,38)/b34-19-. The van der Waals surface area contributed by atoms with Gasteiger partial charge in [-0.1, -0.05) is 61.4 Å². The number of hydrazone groups is 1. The molecule has 3 rings (SSSR count). The zero-order chi connectivity index (χ0) is 29.1. The first-order chi connectivity index (χ1) is 19.2. The summed E-state index contributed by atoms with van der Waals surface area (Å²) in [5, 5.41) is 7.46. The summed E-state index contributed by atoms with van der Waals surface area (Å²) in [6.45, 7) is 12.4. The molecule has 0 heterocycles. The number of hydrogen-bond donors (Lipinski definition) is 2. The number of ether oxygens (including phenoxy) is 2. The van der Waals surface area contributed by atoms with Gasteiger partial charge in [0, 0.05) is 16.1 Å². The van der Waals surface area contributed by atoms with Crippen LogP contribution < -0.4 is 20.2 Å². The number of nitrogens with zero attached hydrogens (tertiary/aromatic N) is 1. The van der Waals surface area contributed by atoms with E-state index in [4.69, 9.17) is 21.1 Å². The molecular weight excluding hydrogens is 526 g/mol. The van der Waals surface area contributed by atoms with E-state index in [1.807, 2.05) is 64.1 Å². The molecule has 8 heteroatoms. The minimum atomic E-state index is -0.784. The molecule has 0 aliphatic carbocycles. The largest absolute Gasteiger partial charge is 0.490 e. The fourth-order valence-corrected chi connectivity index (χ4v) is 4.06. The number of amides is 2. The molecule has 2 N–H and O–H groups in total. The Hall–Kier alpha value is -4.10. The zero-order valence-electron chi connectivity index (χ0n) is 23.4. The third-order valence-corrected chi connectivity index (χ3v) is 6.30. The van der Waals surface area contributed by atoms with Crippen molar-refractivity contribution in [3.63, 3.8) is 0 Å². The Morgan fingerprint density at radius 3 is 2.38 bits per heavy atom. The third-order valence-electron chi connectivity index (χ3n) is 6.05. The molecule has 0 bridgehead atoms. The predicted molar refractivity (Wildman–Crippen MR) is 160 cm³/mol. The van der Waals surface area contributed by atoms with Crippen LogP contribution in [-0.2, 0) is 17.8 Å². The van der Waals surface area contributed by atoms with Crippen LogP contribution in [0.25, 0.3) is 0 Å². The molecule has 7 nitrogen and oxygen atoms in total. The first-order valence-corrected chi connectivity index (χ1v) is 13.6. The van der Waals surface area contributed by atoms with Crippen LogP contribution in [0.3, 0.4) is 0 Å². The van der Waals surface area contributed by atoms with Crippen molar-refractivity contribution in [3.05, 3.63) is 106 Å². The summed E-state index contributed by atoms with van der Waals surface area (Å²) in [6, 6.07) is 17.6. The second kappa shape index (κ2) is 14.9. The minimum absolute atomic E-state index is 0.167. The topological polar surface area (TPSA) is 89.0 Å². The lowest BCUT2D eigenvalue weighted by molar-refractivity contribution is -0.123. The Morgan fingerprint density at radius 2 is 1.75 bits per heavy atom. The van der Waals surface area contributed by atoms with Crippen LogP contribution in [0.15, 0.2) is 78.4 Å². The summed E-state index contributed by atoms with van der Waals surface area (Å²) in [5.41, 5.74) is 6.80. The van der Waals surface area contributed by atoms with E-state index >= 15 is 0 Å². The van der Waals surface area contributed by atoms with E-state index in [9.17, 15) is 9.59 Å². The first-order valence-electron chi connectivity index (χ1n) is 13.2. The van der Waals surface area contributed by atoms with Crippen LogP contribution >= 0.6 is 11.6 Å². The fraction of sp³-hybridized carbons (Fsp3) is 0.281. The molecule has 3 aromatic rings. The molecule has 40 heavy (non-hydrogen) atoms. The van der Waals surface area contributed by atoms with Crippen LogP contribution in [0.2, 0.25) is 5.02 Å². The minimum Gasteiger partial charge on any atom is -0.490 e. The molecule has 0 fully saturated rings. The van der Waals surface area contributed by atoms with Crippen LogP contribution in [0, 0.1) is 12.8 Å². The smallest absolute Gasteiger partial charge is 0.262 e. The van der Waals surface area contributed by atoms with E-state index in [1.165, 1.54) is 11.8 Å². The first kappa shape index (κ1) is 30.4. The van der Waals surface area contributed by atoms with Crippen molar-refractivity contribution in [2.24, 2.45) is 11.0 Å². The summed E-state index contributed by atoms with van der Waals surface area (Å²) >= 11 is 5.91. The number of allylic oxidation sites excluding steroid dienone is 1. The lowest BCUT2D eigenvalue weighted by atomic mass is 10.0. The number of nitrogens with one attached hydrogen (secondary N) is 2. The highest BCUT2D eigenvalue weighted by molar-refractivity contribution is 6.30. The van der Waals surface area contributed by atoms with Crippen LogP contribution in [0.1, 0.15) is 53.4 Å². The van der Waals surface area contributed by atoms with Gasteiger partial charge >= 0.3 is 0 Å². The maximum atomic E-state index is 12.9. The number of benzene rings is 3. The van der Waals surface area contributed by atoms with E-state index in [-0.39, 0.29) is 11.8 Å². The Bertz CT molecular complexity index is 1340. The van der Waals surface area contributed by atoms with Gasteiger partial charge in [-0.25, -0.2) is 5.43 Å². The third kappa shape index (κ3) is 8.71. The molecule has 0 saturated carbocycles. The average Bonchev–Trinajstić information content (AvgIpc) is 2.92. The van der Waals surface area contributed by atoms with E-state index in [2.05, 4.69) is 22.4 Å². The number of carbonyl (C=O) groups excluding carboxylic acids is 2. The Labute approximate surface area is 241 Å². The lowest BCUT2D eigenvalue weighted by Gasteiger charge is -2.20. The van der Waals surface area contributed by atoms with Gasteiger partial charge in [0.2, 0.25) is 0 Å². The van der Waals surface area contributed by atoms with Gasteiger partial charge in [-0.15, -0.1) is 6.58 Å². The highest BCUT2D eigenvalue weighted by Crippen LogP contribution is 2.34. The SMILES string of the molecule is C=CCc1cc(/C=N\NC(=O)C(NC(=O)c2ccc(Cl)cc2)C(C)C)cc(OCC)c1OCc1ccc(C)cc1. The van der Waals surface area contributed by atoms with Crippen LogP contribution in [0.5, 0.6) is 11.5 Å². The molecule has 210 valence electrons. The fourth-order valence-electron chi connectivity index (χ4n) is 3.93. The second-order valence-electron chi connectivity index (χ2n) is 9.64. The Balaban J connectivity index is 1.74. The summed E-state index contributed by atoms with van der Waals surface area (Å²) in [6.07, 6.45) is 3.89. The van der Waals surface area contributed by atoms with E-state index in [0.717, 1.165) is 16.7 Å². The summed E-state index contributed by atoms with van der Waals surface area (Å²) < 4.78 is 12.1. The van der Waals surface area contributed by atoms with Gasteiger partial charge in [0.25, 0.3) is 11.8 Å². The highest BCUT2D eigenvalue weighted by Gasteiger charge is 2.24. The molecule has 0 radical (unpaired) electrons. The monoisotopic (exact) mass is 561 g/mol. The maximum absolute atomic E-state index is 12.9. The summed E-state index contributed by atoms with van der Waals surface area (Å²) in [7, 11) is 0. The molecule has 1 unspecified atom stereocenters. The van der Waals surface area contributed by atoms with Crippen molar-refractivity contribution < 1.29 is 19.1 Å². The number of hydrogen-bond acceptors (Lipinski definition) is 5. The van der Waals surface area contributed by atoms with E-state index in [1.54, 1.807) is 30.3 Å². The van der Waals surface area contributed by atoms with E-state index in [0.29, 0.717) is 41.7 Å². The van der Waals surface area contributed by atoms with Gasteiger partial charge in [-0.05, 0) is 73.7 Å². The molecule has 0 saturated heterocycles. The Kier molecular flexibility index (Phi) is 11.3. The predicted octanol–water partition coefficient (Wildman–Crippen LogP) is 6.26. The van der Waals surface area contributed by atoms with Crippen LogP contribution in [-0.4, -0.2) is 30.7 Å². The van der Waals surface area contributed by atoms with E-state index < -0.39 is 11.9 Å². The molecule has 0 spiro atoms. The molecule has 0 aromatic heterocycles. The number of carbonyl (C=O) groups is 2. The van der Waals surface area contributed by atoms with Crippen molar-refractivity contribution in [2.75, 3.05) is 6.61 Å². The maximum Gasteiger partial charge on any atom is 0.262 e. The number of halogens is 1. The van der Waals surface area contributed by atoms with Crippen molar-refractivity contribution >= 4 is 29.6 Å². The highest BCUT2D eigenvalue weighted by atomic mass is 35.5. The van der Waals surface area contributed by atoms with Crippen LogP contribution in [0.4, 0.5) is 0 Å². The molecule has 0 aliphatic rings. The average molecular weight is 562 g/mol. The normalized spacial score (nSPS) is 11.8. The van der Waals surface area contributed by atoms with Gasteiger partial charge in [0.15, 0.2) is 11.5 Å². The van der Waals surface area contributed by atoms with Gasteiger partial charge < -0.3 is 14.8 Å². The number of rotatable bonds is 13. The van der Waals surface area contributed by atoms with Gasteiger partial charge in [-0.3, -0.25) is 9.59 Å². The Morgan fingerprint density at radius 1 is 1.05 bits per heavy atom. The molecule has 1 atom stereocenters. The zero-order valence-corrected chi connectivity index (χ0v) is 24.1. The van der Waals surface area contributed by atoms with Crippen molar-refractivity contribution in [2.45, 2.75) is 46.8 Å². The summed E-state index contributed by atoms with van der Waals surface area (Å²) in [5.74, 6) is 0.264. The molecule has 0 aliphatic heterocycles. The van der Waals surface area contributed by atoms with Crippen molar-refractivity contribution in [3.8, 4) is 11.5 Å². The number of aryl methyl sites for hydroxylation is 1. The van der Waals surface area contributed by atoms with Gasteiger partial charge in [0.05, 0.1) is 12.8 Å². The molecule has 3 aromatic carbocycles. The molecular formula is C32H36ClN3O4. The lowest BCUT2D eigenvalue weighted by Crippen LogP contribution is -2.48. The van der Waals surface area contributed by atoms with Crippen molar-refractivity contribution in [1.82, 2.24) is 10.7 Å². The molecule has 2 amide bonds. The van der Waals surface area contributed by atoms with Crippen molar-refractivity contribution in [1.29, 1.82) is 0 Å². The quantitative estimate of drug-likeness (QED) is 0.146. The van der Waals surface area contributed by atoms with Gasteiger partial charge in [0.1, 0.15) is 12.6 Å². The second-order valence-corrected chi connectivity index (χ2v) is 10.1. The summed E-state index contributed by atoms with van der Waals surface area (Å²) in [4.78, 5) is 25.6. The van der Waals surface area contributed by atoms with Gasteiger partial charge in [-0.2, -0.15) is 5.10 Å².